The Morgan fingerprint density at radius 2 is 1.00 bits per heavy atom. The third-order valence-electron chi connectivity index (χ3n) is 0. The minimum Gasteiger partial charge on any atom is -1.00 e. The molecule has 7 heavy (non-hydrogen) atoms. The van der Waals surface area contributed by atoms with E-state index in [0.29, 0.717) is 0 Å². The van der Waals surface area contributed by atoms with Crippen LogP contribution in [0.3, 0.4) is 0 Å². The van der Waals surface area contributed by atoms with Crippen LogP contribution in [0, 0.1) is 23.7 Å². The van der Waals surface area contributed by atoms with Crippen molar-refractivity contribution in [2.45, 2.75) is 0 Å². The average molecular weight is 180 g/mol. The van der Waals surface area contributed by atoms with E-state index in [9.17, 15) is 0 Å². The van der Waals surface area contributed by atoms with Crippen LogP contribution in [0.15, 0.2) is 0 Å². The fraction of sp³-hybridized carbons (Fsp3) is 0. The third-order valence-corrected chi connectivity index (χ3v) is 0. The number of hydrogen-bond donors (Lipinski definition) is 0. The van der Waals surface area contributed by atoms with Crippen LogP contribution in [0.5, 0.6) is 0 Å². The molecule has 33 valence electrons. The SMILES string of the molecule is [C-]#N.[C-]#N.[Cu+2].[H-].[H-].[K+].[Na+]. The Kier molecular flexibility index (Phi) is 459. The van der Waals surface area contributed by atoms with Crippen LogP contribution >= 0.6 is 0 Å². The van der Waals surface area contributed by atoms with Gasteiger partial charge in [0.1, 0.15) is 0 Å². The van der Waals surface area contributed by atoms with Gasteiger partial charge in [0.25, 0.3) is 0 Å². The zero-order chi connectivity index (χ0) is 4.00. The van der Waals surface area contributed by atoms with Crippen molar-refractivity contribution in [3.8, 4) is 0 Å². The Hall–Kier alpha value is 2.14. The molecule has 0 aromatic rings. The molecule has 5 heteroatoms. The van der Waals surface area contributed by atoms with Crippen molar-refractivity contribution in [3.63, 3.8) is 0 Å². The van der Waals surface area contributed by atoms with Gasteiger partial charge in [0.15, 0.2) is 0 Å². The predicted molar refractivity (Wildman–Crippen MR) is 12.2 cm³/mol. The normalized spacial score (nSPS) is 0.571. The van der Waals surface area contributed by atoms with E-state index in [4.69, 9.17) is 23.7 Å². The van der Waals surface area contributed by atoms with Gasteiger partial charge in [0.2, 0.25) is 0 Å². The molecule has 0 heterocycles. The molecule has 0 amide bonds. The number of rotatable bonds is 0. The number of hydrogen-bond acceptors (Lipinski definition) is 2. The molecule has 0 aliphatic heterocycles. The van der Waals surface area contributed by atoms with Gasteiger partial charge >= 0.3 is 98.0 Å². The van der Waals surface area contributed by atoms with Crippen LogP contribution in [0.4, 0.5) is 0 Å². The molecule has 0 bridgehead atoms. The largest absolute Gasteiger partial charge is 2.00 e. The minimum atomic E-state index is 0. The maximum atomic E-state index is 6.25. The van der Waals surface area contributed by atoms with Crippen molar-refractivity contribution in [1.29, 1.82) is 10.5 Å². The Morgan fingerprint density at radius 3 is 1.00 bits per heavy atom. The molecule has 0 unspecified atom stereocenters. The van der Waals surface area contributed by atoms with Gasteiger partial charge in [-0.3, -0.25) is 0 Å². The summed E-state index contributed by atoms with van der Waals surface area (Å²) >= 11 is 0. The summed E-state index contributed by atoms with van der Waals surface area (Å²) in [6.07, 6.45) is 0. The smallest absolute Gasteiger partial charge is 1.00 e. The zero-order valence-electron chi connectivity index (χ0n) is 6.20. The molecule has 0 atom stereocenters. The molecule has 0 N–H and O–H groups in total. The maximum absolute atomic E-state index is 6.25. The van der Waals surface area contributed by atoms with Gasteiger partial charge in [-0.2, -0.15) is 0 Å². The summed E-state index contributed by atoms with van der Waals surface area (Å²) < 4.78 is 0. The summed E-state index contributed by atoms with van der Waals surface area (Å²) in [4.78, 5) is 0. The minimum absolute atomic E-state index is 0. The molecule has 0 fully saturated rings. The fourth-order valence-electron chi connectivity index (χ4n) is 0. The molecule has 0 rings (SSSR count). The monoisotopic (exact) mass is 179 g/mol. The summed E-state index contributed by atoms with van der Waals surface area (Å²) in [7, 11) is 0. The first-order chi connectivity index (χ1) is 2.00. The van der Waals surface area contributed by atoms with Crippen molar-refractivity contribution in [3.05, 3.63) is 13.1 Å². The Morgan fingerprint density at radius 1 is 1.00 bits per heavy atom. The van der Waals surface area contributed by atoms with E-state index in [-0.39, 0.29) is 101 Å². The first-order valence-electron chi connectivity index (χ1n) is 0.447. The topological polar surface area (TPSA) is 47.6 Å². The van der Waals surface area contributed by atoms with Crippen molar-refractivity contribution in [2.75, 3.05) is 0 Å². The molecule has 0 aromatic heterocycles. The van der Waals surface area contributed by atoms with E-state index in [1.54, 1.807) is 0 Å². The quantitative estimate of drug-likeness (QED) is 0.275. The first kappa shape index (κ1) is 35.4. The second-order valence-electron chi connectivity index (χ2n) is 0. The van der Waals surface area contributed by atoms with E-state index >= 15 is 0 Å². The van der Waals surface area contributed by atoms with Crippen LogP contribution in [0.25, 0.3) is 0 Å². The van der Waals surface area contributed by atoms with Crippen molar-refractivity contribution in [2.24, 2.45) is 0 Å². The van der Waals surface area contributed by atoms with Crippen molar-refractivity contribution < 1.29 is 101 Å². The third kappa shape index (κ3) is 67.1. The van der Waals surface area contributed by atoms with Gasteiger partial charge in [-0.1, -0.05) is 0 Å². The number of nitrogens with zero attached hydrogens (tertiary/aromatic N) is 2. The van der Waals surface area contributed by atoms with Gasteiger partial charge in [-0.15, -0.1) is 0 Å². The zero-order valence-corrected chi connectivity index (χ0v) is 10.3. The molecule has 0 spiro atoms. The van der Waals surface area contributed by atoms with Gasteiger partial charge < -0.3 is 26.5 Å². The second-order valence-corrected chi connectivity index (χ2v) is 0. The molecular weight excluding hydrogens is 178 g/mol. The maximum Gasteiger partial charge on any atom is 2.00 e. The summed E-state index contributed by atoms with van der Waals surface area (Å²) in [5.41, 5.74) is 0. The van der Waals surface area contributed by atoms with E-state index in [1.807, 2.05) is 0 Å². The average Bonchev–Trinajstić information content (AvgIpc) is 1.50. The van der Waals surface area contributed by atoms with Crippen LogP contribution in [0.2, 0.25) is 0 Å². The molecule has 0 saturated carbocycles. The first-order valence-corrected chi connectivity index (χ1v) is 0.447. The van der Waals surface area contributed by atoms with E-state index in [1.165, 1.54) is 0 Å². The Balaban J connectivity index is -0.00000000114. The van der Waals surface area contributed by atoms with Crippen molar-refractivity contribution in [1.82, 2.24) is 0 Å². The van der Waals surface area contributed by atoms with Crippen LogP contribution < -0.4 is 80.9 Å². The predicted octanol–water partition coefficient (Wildman–Crippen LogP) is -5.58. The molecule has 2 nitrogen and oxygen atoms in total. The Bertz CT molecular complexity index is 38.0. The molecule has 0 aliphatic rings. The summed E-state index contributed by atoms with van der Waals surface area (Å²) in [6.45, 7) is 9.50. The van der Waals surface area contributed by atoms with Gasteiger partial charge in [0, 0.05) is 0 Å². The second kappa shape index (κ2) is 90.8. The van der Waals surface area contributed by atoms with E-state index < -0.39 is 0 Å². The van der Waals surface area contributed by atoms with E-state index in [0.717, 1.165) is 0 Å². The Labute approximate surface area is 122 Å². The van der Waals surface area contributed by atoms with Gasteiger partial charge in [-0.05, 0) is 0 Å². The molecule has 0 aliphatic carbocycles. The van der Waals surface area contributed by atoms with Crippen molar-refractivity contribution >= 4 is 0 Å². The standard InChI is InChI=1S/2CN.Cu.K.Na.2H/c2*1-2;;;;;/q2*-1;+2;2*+1;2*-1. The van der Waals surface area contributed by atoms with Gasteiger partial charge in [0.05, 0.1) is 0 Å². The molecule has 0 saturated heterocycles. The molecular formula is C2H2CuKN2Na. The molecule has 0 aromatic carbocycles. The summed E-state index contributed by atoms with van der Waals surface area (Å²) in [5, 5.41) is 12.5. The van der Waals surface area contributed by atoms with Crippen LogP contribution in [-0.2, 0) is 17.1 Å². The van der Waals surface area contributed by atoms with Crippen LogP contribution in [0.1, 0.15) is 2.85 Å². The van der Waals surface area contributed by atoms with E-state index in [2.05, 4.69) is 0 Å². The van der Waals surface area contributed by atoms with Gasteiger partial charge in [-0.25, -0.2) is 0 Å². The van der Waals surface area contributed by atoms with Crippen LogP contribution in [-0.4, -0.2) is 0 Å². The summed E-state index contributed by atoms with van der Waals surface area (Å²) in [5.74, 6) is 0. The molecule has 1 radical (unpaired) electrons. The summed E-state index contributed by atoms with van der Waals surface area (Å²) in [6, 6.07) is 0. The fourth-order valence-corrected chi connectivity index (χ4v) is 0.